The number of nitrogen functional groups attached to an aromatic ring is 2. The summed E-state index contributed by atoms with van der Waals surface area (Å²) in [6.07, 6.45) is 0.223. The third-order valence-electron chi connectivity index (χ3n) is 5.44. The number of aromatic nitrogens is 3. The van der Waals surface area contributed by atoms with Gasteiger partial charge in [-0.15, -0.1) is 0 Å². The molecule has 0 bridgehead atoms. The maximum atomic E-state index is 11.5. The molecule has 0 fully saturated rings. The quantitative estimate of drug-likeness (QED) is 0.374. The molecule has 2 aromatic heterocycles. The van der Waals surface area contributed by atoms with Gasteiger partial charge in [0.1, 0.15) is 11.6 Å². The van der Waals surface area contributed by atoms with Crippen molar-refractivity contribution in [2.75, 3.05) is 18.6 Å². The molecule has 0 aliphatic carbocycles. The van der Waals surface area contributed by atoms with Gasteiger partial charge < -0.3 is 25.9 Å². The van der Waals surface area contributed by atoms with Crippen LogP contribution in [0.15, 0.2) is 42.5 Å². The minimum absolute atomic E-state index is 0.00645. The van der Waals surface area contributed by atoms with Gasteiger partial charge in [0.05, 0.1) is 29.5 Å². The number of carbonyl (C=O) groups is 1. The first-order valence-electron chi connectivity index (χ1n) is 9.94. The maximum absolute atomic E-state index is 11.5. The first-order valence-corrected chi connectivity index (χ1v) is 10.3. The molecule has 0 atom stereocenters. The van der Waals surface area contributed by atoms with Crippen molar-refractivity contribution in [3.05, 3.63) is 64.7 Å². The first-order chi connectivity index (χ1) is 15.3. The number of fused-ring (bicyclic) bond motifs is 1. The summed E-state index contributed by atoms with van der Waals surface area (Å²) in [6.45, 7) is 2.67. The third-order valence-corrected chi connectivity index (χ3v) is 5.73. The van der Waals surface area contributed by atoms with E-state index in [2.05, 4.69) is 15.6 Å². The molecule has 0 unspecified atom stereocenters. The molecule has 0 aliphatic rings. The fraction of sp³-hybridized carbons (Fsp3) is 0.174. The van der Waals surface area contributed by atoms with E-state index >= 15 is 0 Å². The molecule has 0 amide bonds. The Bertz CT molecular complexity index is 1330. The summed E-state index contributed by atoms with van der Waals surface area (Å²) in [7, 11) is 1.64. The monoisotopic (exact) mass is 451 g/mol. The summed E-state index contributed by atoms with van der Waals surface area (Å²) in [5.41, 5.74) is 16.3. The van der Waals surface area contributed by atoms with E-state index in [9.17, 15) is 9.90 Å². The van der Waals surface area contributed by atoms with E-state index in [-0.39, 0.29) is 28.6 Å². The van der Waals surface area contributed by atoms with Crippen molar-refractivity contribution < 1.29 is 14.6 Å². The topological polar surface area (TPSA) is 129 Å². The largest absolute Gasteiger partial charge is 0.497 e. The minimum atomic E-state index is -1.27. The van der Waals surface area contributed by atoms with Crippen molar-refractivity contribution in [2.24, 2.45) is 0 Å². The number of aryl methyl sites for hydroxylation is 1. The fourth-order valence-electron chi connectivity index (χ4n) is 3.77. The van der Waals surface area contributed by atoms with Gasteiger partial charge in [-0.25, -0.2) is 14.8 Å². The van der Waals surface area contributed by atoms with Crippen LogP contribution in [0.3, 0.4) is 0 Å². The van der Waals surface area contributed by atoms with Crippen LogP contribution in [0.2, 0.25) is 5.15 Å². The average molecular weight is 452 g/mol. The lowest BCUT2D eigenvalue weighted by molar-refractivity contribution is 0.0691. The average Bonchev–Trinajstić information content (AvgIpc) is 3.15. The molecular weight excluding hydrogens is 430 g/mol. The number of hydrogen-bond donors (Lipinski definition) is 3. The standard InChI is InChI=1S/C23H22ClN5O3/c1-3-29-17-10-13(12-4-7-14(32-2)8-5-12)6-9-16(17)27-18(29)11-15-19(25)21(23(30)31)28-22(24)20(15)26/h4-10H,3,11,25-26H2,1-2H3,(H,30,31). The molecule has 0 radical (unpaired) electrons. The summed E-state index contributed by atoms with van der Waals surface area (Å²) in [6, 6.07) is 13.9. The van der Waals surface area contributed by atoms with Gasteiger partial charge in [0.15, 0.2) is 10.8 Å². The number of aromatic carboxylic acids is 1. The fourth-order valence-corrected chi connectivity index (χ4v) is 3.96. The molecule has 4 aromatic rings. The van der Waals surface area contributed by atoms with Crippen LogP contribution in [0.25, 0.3) is 22.2 Å². The van der Waals surface area contributed by atoms with Crippen LogP contribution in [0.4, 0.5) is 11.4 Å². The van der Waals surface area contributed by atoms with Gasteiger partial charge in [0, 0.05) is 18.5 Å². The smallest absolute Gasteiger partial charge is 0.356 e. The van der Waals surface area contributed by atoms with Crippen LogP contribution in [-0.4, -0.2) is 32.7 Å². The number of ether oxygens (including phenoxy) is 1. The Hall–Kier alpha value is -3.78. The highest BCUT2D eigenvalue weighted by Gasteiger charge is 2.22. The van der Waals surface area contributed by atoms with Gasteiger partial charge in [-0.3, -0.25) is 0 Å². The Kier molecular flexibility index (Phi) is 5.63. The van der Waals surface area contributed by atoms with Crippen molar-refractivity contribution in [2.45, 2.75) is 19.9 Å². The molecule has 0 spiro atoms. The Morgan fingerprint density at radius 1 is 1.09 bits per heavy atom. The predicted octanol–water partition coefficient (Wildman–Crippen LogP) is 4.23. The number of carboxylic acid groups (broad SMARTS) is 1. The molecule has 8 nitrogen and oxygen atoms in total. The van der Waals surface area contributed by atoms with Crippen LogP contribution >= 0.6 is 11.6 Å². The molecule has 5 N–H and O–H groups in total. The summed E-state index contributed by atoms with van der Waals surface area (Å²) in [4.78, 5) is 20.0. The number of imidazole rings is 1. The van der Waals surface area contributed by atoms with Gasteiger partial charge in [-0.05, 0) is 42.3 Å². The zero-order valence-electron chi connectivity index (χ0n) is 17.6. The van der Waals surface area contributed by atoms with Crippen molar-refractivity contribution >= 4 is 40.0 Å². The second-order valence-corrected chi connectivity index (χ2v) is 7.60. The molecule has 32 heavy (non-hydrogen) atoms. The Morgan fingerprint density at radius 2 is 1.78 bits per heavy atom. The molecular formula is C23H22ClN5O3. The number of nitrogens with two attached hydrogens (primary N) is 2. The molecule has 2 aromatic carbocycles. The number of benzene rings is 2. The number of halogens is 1. The highest BCUT2D eigenvalue weighted by Crippen LogP contribution is 2.32. The number of carboxylic acids is 1. The summed E-state index contributed by atoms with van der Waals surface area (Å²) in [5.74, 6) is 0.229. The van der Waals surface area contributed by atoms with E-state index in [1.54, 1.807) is 7.11 Å². The lowest BCUT2D eigenvalue weighted by Crippen LogP contribution is -2.13. The Labute approximate surface area is 189 Å². The van der Waals surface area contributed by atoms with Crippen molar-refractivity contribution in [3.63, 3.8) is 0 Å². The highest BCUT2D eigenvalue weighted by atomic mass is 35.5. The van der Waals surface area contributed by atoms with Gasteiger partial charge in [-0.2, -0.15) is 0 Å². The van der Waals surface area contributed by atoms with Crippen LogP contribution in [-0.2, 0) is 13.0 Å². The Morgan fingerprint density at radius 3 is 2.41 bits per heavy atom. The van der Waals surface area contributed by atoms with Crippen LogP contribution in [0, 0.1) is 0 Å². The SMILES string of the molecule is CCn1c(Cc2c(N)c(Cl)nc(C(=O)O)c2N)nc2ccc(-c3ccc(OC)cc3)cc21. The van der Waals surface area contributed by atoms with Crippen LogP contribution in [0.1, 0.15) is 28.8 Å². The lowest BCUT2D eigenvalue weighted by atomic mass is 10.0. The summed E-state index contributed by atoms with van der Waals surface area (Å²) in [5, 5.41) is 9.30. The zero-order chi connectivity index (χ0) is 23.0. The second kappa shape index (κ2) is 8.39. The number of rotatable bonds is 6. The molecule has 4 rings (SSSR count). The van der Waals surface area contributed by atoms with E-state index in [4.69, 9.17) is 32.8 Å². The number of anilines is 2. The number of pyridine rings is 1. The lowest BCUT2D eigenvalue weighted by Gasteiger charge is -2.13. The molecule has 9 heteroatoms. The van der Waals surface area contributed by atoms with Crippen LogP contribution < -0.4 is 16.2 Å². The van der Waals surface area contributed by atoms with Crippen molar-refractivity contribution in [1.82, 2.24) is 14.5 Å². The van der Waals surface area contributed by atoms with Gasteiger partial charge in [0.2, 0.25) is 0 Å². The predicted molar refractivity (Wildman–Crippen MR) is 125 cm³/mol. The second-order valence-electron chi connectivity index (χ2n) is 7.24. The maximum Gasteiger partial charge on any atom is 0.356 e. The third kappa shape index (κ3) is 3.69. The van der Waals surface area contributed by atoms with E-state index in [1.165, 1.54) is 0 Å². The number of nitrogens with zero attached hydrogens (tertiary/aromatic N) is 3. The van der Waals surface area contributed by atoms with Crippen molar-refractivity contribution in [3.8, 4) is 16.9 Å². The summed E-state index contributed by atoms with van der Waals surface area (Å²) < 4.78 is 7.29. The van der Waals surface area contributed by atoms with E-state index in [0.29, 0.717) is 17.9 Å². The molecule has 164 valence electrons. The number of hydrogen-bond acceptors (Lipinski definition) is 6. The highest BCUT2D eigenvalue weighted by molar-refractivity contribution is 6.32. The molecule has 0 saturated carbocycles. The minimum Gasteiger partial charge on any atom is -0.497 e. The zero-order valence-corrected chi connectivity index (χ0v) is 18.3. The van der Waals surface area contributed by atoms with E-state index in [0.717, 1.165) is 27.9 Å². The first kappa shape index (κ1) is 21.5. The van der Waals surface area contributed by atoms with Crippen molar-refractivity contribution in [1.29, 1.82) is 0 Å². The molecule has 2 heterocycles. The van der Waals surface area contributed by atoms with Gasteiger partial charge in [0.25, 0.3) is 0 Å². The van der Waals surface area contributed by atoms with E-state index < -0.39 is 5.97 Å². The Balaban J connectivity index is 1.80. The van der Waals surface area contributed by atoms with E-state index in [1.807, 2.05) is 43.3 Å². The summed E-state index contributed by atoms with van der Waals surface area (Å²) >= 11 is 6.07. The molecule has 0 aliphatic heterocycles. The van der Waals surface area contributed by atoms with Crippen LogP contribution in [0.5, 0.6) is 5.75 Å². The number of methoxy groups -OCH3 is 1. The van der Waals surface area contributed by atoms with Gasteiger partial charge >= 0.3 is 5.97 Å². The normalized spacial score (nSPS) is 11.1. The van der Waals surface area contributed by atoms with Gasteiger partial charge in [-0.1, -0.05) is 29.8 Å². The molecule has 0 saturated heterocycles.